The van der Waals surface area contributed by atoms with Gasteiger partial charge in [0, 0.05) is 25.6 Å². The summed E-state index contributed by atoms with van der Waals surface area (Å²) in [5.41, 5.74) is -0.252. The van der Waals surface area contributed by atoms with E-state index in [4.69, 9.17) is 27.9 Å². The van der Waals surface area contributed by atoms with Gasteiger partial charge in [0.15, 0.2) is 0 Å². The van der Waals surface area contributed by atoms with E-state index >= 15 is 0 Å². The second kappa shape index (κ2) is 8.22. The van der Waals surface area contributed by atoms with Crippen molar-refractivity contribution in [3.05, 3.63) is 100.0 Å². The van der Waals surface area contributed by atoms with E-state index in [2.05, 4.69) is 69.1 Å². The average Bonchev–Trinajstić information content (AvgIpc) is 2.75. The van der Waals surface area contributed by atoms with Gasteiger partial charge in [0.2, 0.25) is 0 Å². The summed E-state index contributed by atoms with van der Waals surface area (Å²) in [7, 11) is 0. The van der Waals surface area contributed by atoms with Crippen LogP contribution in [0.4, 0.5) is 5.69 Å². The fourth-order valence-corrected chi connectivity index (χ4v) is 9.56. The molecule has 0 aliphatic carbocycles. The van der Waals surface area contributed by atoms with Crippen molar-refractivity contribution < 1.29 is 4.52 Å². The molecule has 1 heterocycles. The van der Waals surface area contributed by atoms with Gasteiger partial charge in [-0.25, -0.2) is 0 Å². The lowest BCUT2D eigenvalue weighted by Gasteiger charge is -2.40. The molecule has 2 nitrogen and oxygen atoms in total. The Balaban J connectivity index is 1.63. The third kappa shape index (κ3) is 3.90. The fourth-order valence-electron chi connectivity index (χ4n) is 3.52. The Bertz CT molecular complexity index is 1280. The van der Waals surface area contributed by atoms with Crippen LogP contribution in [0.5, 0.6) is 5.75 Å². The Hall–Kier alpha value is -1.49. The standard InChI is InChI=1S/C23H16BrClNOPS2/c24-17-6-10-19(11-7-17)26-15-22-21-4-2-1-3-16(21)5-14-23(22)27-28(26,29)30-20-12-8-18(25)9-13-20/h1-14H,15H2. The predicted octanol–water partition coefficient (Wildman–Crippen LogP) is 8.67. The van der Waals surface area contributed by atoms with Gasteiger partial charge in [-0.3, -0.25) is 0 Å². The van der Waals surface area contributed by atoms with Crippen LogP contribution in [-0.2, 0) is 18.4 Å². The van der Waals surface area contributed by atoms with E-state index in [1.807, 2.05) is 36.4 Å². The van der Waals surface area contributed by atoms with Crippen molar-refractivity contribution >= 4 is 72.8 Å². The lowest BCUT2D eigenvalue weighted by Crippen LogP contribution is -2.25. The van der Waals surface area contributed by atoms with Crippen molar-refractivity contribution in [3.8, 4) is 5.75 Å². The van der Waals surface area contributed by atoms with Crippen LogP contribution >= 0.6 is 44.5 Å². The van der Waals surface area contributed by atoms with E-state index < -0.39 is 5.62 Å². The maximum atomic E-state index is 6.63. The summed E-state index contributed by atoms with van der Waals surface area (Å²) in [5.74, 6) is 0.881. The smallest absolute Gasteiger partial charge is 0.267 e. The number of hydrogen-bond acceptors (Lipinski definition) is 3. The first-order valence-electron chi connectivity index (χ1n) is 9.31. The van der Waals surface area contributed by atoms with Crippen molar-refractivity contribution in [2.24, 2.45) is 0 Å². The van der Waals surface area contributed by atoms with Crippen molar-refractivity contribution in [3.63, 3.8) is 0 Å². The van der Waals surface area contributed by atoms with Crippen molar-refractivity contribution in [1.29, 1.82) is 0 Å². The third-order valence-electron chi connectivity index (χ3n) is 4.97. The monoisotopic (exact) mass is 531 g/mol. The fraction of sp³-hybridized carbons (Fsp3) is 0.0435. The second-order valence-corrected chi connectivity index (χ2v) is 14.7. The maximum absolute atomic E-state index is 6.63. The van der Waals surface area contributed by atoms with Crippen molar-refractivity contribution in [2.75, 3.05) is 4.67 Å². The summed E-state index contributed by atoms with van der Waals surface area (Å²) in [6.45, 7) is 0.705. The highest BCUT2D eigenvalue weighted by Gasteiger charge is 2.36. The molecule has 0 amide bonds. The molecule has 1 unspecified atom stereocenters. The van der Waals surface area contributed by atoms with Crippen LogP contribution in [0.15, 0.2) is 94.3 Å². The first kappa shape index (κ1) is 20.4. The van der Waals surface area contributed by atoms with E-state index in [0.29, 0.717) is 11.6 Å². The second-order valence-electron chi connectivity index (χ2n) is 6.90. The summed E-state index contributed by atoms with van der Waals surface area (Å²) in [6, 6.07) is 28.6. The molecule has 1 atom stereocenters. The Kier molecular flexibility index (Phi) is 5.59. The van der Waals surface area contributed by atoms with Crippen LogP contribution in [0.2, 0.25) is 5.02 Å². The highest BCUT2D eigenvalue weighted by molar-refractivity contribution is 9.10. The number of nitrogens with zero attached hydrogens (tertiary/aromatic N) is 1. The van der Waals surface area contributed by atoms with Crippen LogP contribution in [0.25, 0.3) is 10.8 Å². The molecule has 0 saturated carbocycles. The van der Waals surface area contributed by atoms with Crippen LogP contribution in [0.3, 0.4) is 0 Å². The Morgan fingerprint density at radius 2 is 1.67 bits per heavy atom. The average molecular weight is 533 g/mol. The number of fused-ring (bicyclic) bond motifs is 3. The molecule has 5 rings (SSSR count). The van der Waals surface area contributed by atoms with Crippen LogP contribution < -0.4 is 9.19 Å². The van der Waals surface area contributed by atoms with Crippen LogP contribution in [0, 0.1) is 0 Å². The normalized spacial score (nSPS) is 18.1. The highest BCUT2D eigenvalue weighted by atomic mass is 79.9. The molecule has 0 spiro atoms. The van der Waals surface area contributed by atoms with E-state index in [9.17, 15) is 0 Å². The first-order chi connectivity index (χ1) is 14.5. The quantitative estimate of drug-likeness (QED) is 0.245. The Labute approximate surface area is 198 Å². The van der Waals surface area contributed by atoms with E-state index in [1.165, 1.54) is 16.3 Å². The molecule has 0 aromatic heterocycles. The van der Waals surface area contributed by atoms with Gasteiger partial charge >= 0.3 is 0 Å². The molecule has 30 heavy (non-hydrogen) atoms. The van der Waals surface area contributed by atoms with E-state index in [-0.39, 0.29) is 0 Å². The molecule has 4 aromatic rings. The molecule has 0 radical (unpaired) electrons. The van der Waals surface area contributed by atoms with Gasteiger partial charge < -0.3 is 9.19 Å². The summed E-state index contributed by atoms with van der Waals surface area (Å²) in [4.78, 5) is 1.05. The SMILES string of the molecule is S=P1(Sc2ccc(Cl)cc2)Oc2ccc3ccccc3c2CN1c1ccc(Br)cc1. The number of anilines is 1. The van der Waals surface area contributed by atoms with Gasteiger partial charge in [-0.05, 0) is 88.6 Å². The lowest BCUT2D eigenvalue weighted by molar-refractivity contribution is 0.593. The zero-order valence-corrected chi connectivity index (χ0v) is 20.5. The summed E-state index contributed by atoms with van der Waals surface area (Å²) < 4.78 is 9.92. The van der Waals surface area contributed by atoms with Crippen molar-refractivity contribution in [1.82, 2.24) is 0 Å². The minimum absolute atomic E-state index is 0.705. The molecular weight excluding hydrogens is 517 g/mol. The first-order valence-corrected chi connectivity index (χ1v) is 14.6. The molecule has 1 aliphatic rings. The minimum Gasteiger partial charge on any atom is -0.440 e. The summed E-state index contributed by atoms with van der Waals surface area (Å²) in [6.07, 6.45) is 0. The van der Waals surface area contributed by atoms with Crippen LogP contribution in [0.1, 0.15) is 5.56 Å². The molecule has 0 fully saturated rings. The largest absolute Gasteiger partial charge is 0.440 e. The molecule has 150 valence electrons. The number of benzene rings is 4. The van der Waals surface area contributed by atoms with E-state index in [1.54, 1.807) is 11.4 Å². The van der Waals surface area contributed by atoms with Gasteiger partial charge in [0.1, 0.15) is 5.75 Å². The summed E-state index contributed by atoms with van der Waals surface area (Å²) >= 11 is 17.5. The van der Waals surface area contributed by atoms with Gasteiger partial charge in [0.25, 0.3) is 5.62 Å². The van der Waals surface area contributed by atoms with Gasteiger partial charge in [0.05, 0.1) is 6.54 Å². The van der Waals surface area contributed by atoms with Crippen molar-refractivity contribution in [2.45, 2.75) is 11.4 Å². The zero-order valence-electron chi connectivity index (χ0n) is 15.7. The molecule has 0 saturated heterocycles. The Morgan fingerprint density at radius 1 is 0.933 bits per heavy atom. The topological polar surface area (TPSA) is 12.5 Å². The van der Waals surface area contributed by atoms with E-state index in [0.717, 1.165) is 20.8 Å². The van der Waals surface area contributed by atoms with Gasteiger partial charge in [-0.2, -0.15) is 0 Å². The predicted molar refractivity (Wildman–Crippen MR) is 136 cm³/mol. The summed E-state index contributed by atoms with van der Waals surface area (Å²) in [5, 5.41) is 3.12. The number of rotatable bonds is 3. The third-order valence-corrected chi connectivity index (χ3v) is 11.5. The molecule has 0 bridgehead atoms. The zero-order chi connectivity index (χ0) is 20.7. The van der Waals surface area contributed by atoms with Gasteiger partial charge in [-0.15, -0.1) is 0 Å². The minimum atomic E-state index is -2.48. The molecular formula is C23H16BrClNOPS2. The van der Waals surface area contributed by atoms with Gasteiger partial charge in [-0.1, -0.05) is 57.9 Å². The maximum Gasteiger partial charge on any atom is 0.267 e. The molecule has 1 aliphatic heterocycles. The molecule has 7 heteroatoms. The number of halogens is 2. The molecule has 4 aromatic carbocycles. The number of hydrogen-bond donors (Lipinski definition) is 0. The Morgan fingerprint density at radius 3 is 2.43 bits per heavy atom. The lowest BCUT2D eigenvalue weighted by atomic mass is 10.0. The highest BCUT2D eigenvalue weighted by Crippen LogP contribution is 2.69. The molecule has 0 N–H and O–H groups in total. The van der Waals surface area contributed by atoms with Crippen LogP contribution in [-0.4, -0.2) is 0 Å².